The van der Waals surface area contributed by atoms with Crippen molar-refractivity contribution in [2.75, 3.05) is 6.61 Å². The standard InChI is InChI=1S/C7H14O4/c1-4-11-6(8)5(2)7(3,9)10/h5,9-10H,4H2,1-3H3. The molecule has 0 rings (SSSR count). The second-order valence-corrected chi connectivity index (χ2v) is 2.57. The highest BCUT2D eigenvalue weighted by Crippen LogP contribution is 2.14. The molecule has 0 aromatic rings. The Morgan fingerprint density at radius 2 is 2.09 bits per heavy atom. The second-order valence-electron chi connectivity index (χ2n) is 2.57. The van der Waals surface area contributed by atoms with Crippen molar-refractivity contribution < 1.29 is 19.7 Å². The van der Waals surface area contributed by atoms with Crippen molar-refractivity contribution in [2.45, 2.75) is 26.6 Å². The van der Waals surface area contributed by atoms with Gasteiger partial charge < -0.3 is 14.9 Å². The molecule has 4 nitrogen and oxygen atoms in total. The van der Waals surface area contributed by atoms with E-state index in [0.717, 1.165) is 6.92 Å². The van der Waals surface area contributed by atoms with E-state index in [1.165, 1.54) is 6.92 Å². The van der Waals surface area contributed by atoms with Gasteiger partial charge in [-0.15, -0.1) is 0 Å². The van der Waals surface area contributed by atoms with Crippen LogP contribution in [0.2, 0.25) is 0 Å². The summed E-state index contributed by atoms with van der Waals surface area (Å²) >= 11 is 0. The van der Waals surface area contributed by atoms with Crippen molar-refractivity contribution in [1.29, 1.82) is 0 Å². The van der Waals surface area contributed by atoms with Crippen LogP contribution in [0.3, 0.4) is 0 Å². The van der Waals surface area contributed by atoms with E-state index in [-0.39, 0.29) is 6.61 Å². The molecular formula is C7H14O4. The van der Waals surface area contributed by atoms with Gasteiger partial charge in [0, 0.05) is 0 Å². The van der Waals surface area contributed by atoms with Crippen molar-refractivity contribution in [1.82, 2.24) is 0 Å². The normalized spacial score (nSPS) is 14.3. The zero-order valence-electron chi connectivity index (χ0n) is 7.00. The topological polar surface area (TPSA) is 66.8 Å². The van der Waals surface area contributed by atoms with Gasteiger partial charge in [-0.05, 0) is 20.8 Å². The molecule has 1 unspecified atom stereocenters. The van der Waals surface area contributed by atoms with E-state index in [4.69, 9.17) is 10.2 Å². The monoisotopic (exact) mass is 162 g/mol. The molecule has 0 spiro atoms. The van der Waals surface area contributed by atoms with E-state index in [1.54, 1.807) is 6.92 Å². The summed E-state index contributed by atoms with van der Waals surface area (Å²) in [5.74, 6) is -3.51. The lowest BCUT2D eigenvalue weighted by atomic mass is 10.0. The number of hydrogen-bond donors (Lipinski definition) is 2. The van der Waals surface area contributed by atoms with Crippen molar-refractivity contribution >= 4 is 5.97 Å². The van der Waals surface area contributed by atoms with Crippen LogP contribution in [-0.4, -0.2) is 28.6 Å². The van der Waals surface area contributed by atoms with Crippen LogP contribution in [0, 0.1) is 5.92 Å². The van der Waals surface area contributed by atoms with Crippen LogP contribution in [0.15, 0.2) is 0 Å². The summed E-state index contributed by atoms with van der Waals surface area (Å²) < 4.78 is 4.57. The van der Waals surface area contributed by atoms with Crippen molar-refractivity contribution in [3.8, 4) is 0 Å². The largest absolute Gasteiger partial charge is 0.466 e. The average molecular weight is 162 g/mol. The molecule has 0 bridgehead atoms. The molecule has 1 atom stereocenters. The van der Waals surface area contributed by atoms with Crippen LogP contribution >= 0.6 is 0 Å². The highest BCUT2D eigenvalue weighted by atomic mass is 16.5. The molecule has 0 heterocycles. The van der Waals surface area contributed by atoms with Gasteiger partial charge in [0.05, 0.1) is 6.61 Å². The molecular weight excluding hydrogens is 148 g/mol. The van der Waals surface area contributed by atoms with Crippen molar-refractivity contribution in [3.63, 3.8) is 0 Å². The Balaban J connectivity index is 4.03. The molecule has 0 saturated heterocycles. The highest BCUT2D eigenvalue weighted by Gasteiger charge is 2.32. The van der Waals surface area contributed by atoms with Gasteiger partial charge in [0.25, 0.3) is 0 Å². The summed E-state index contributed by atoms with van der Waals surface area (Å²) in [5.41, 5.74) is 0. The minimum Gasteiger partial charge on any atom is -0.466 e. The molecule has 0 radical (unpaired) electrons. The second kappa shape index (κ2) is 3.69. The number of carbonyl (C=O) groups excluding carboxylic acids is 1. The van der Waals surface area contributed by atoms with E-state index in [0.29, 0.717) is 0 Å². The zero-order chi connectivity index (χ0) is 9.07. The number of hydrogen-bond acceptors (Lipinski definition) is 4. The Labute approximate surface area is 65.8 Å². The quantitative estimate of drug-likeness (QED) is 0.448. The number of aliphatic hydroxyl groups is 2. The molecule has 0 aliphatic rings. The van der Waals surface area contributed by atoms with Gasteiger partial charge in [-0.2, -0.15) is 0 Å². The summed E-state index contributed by atoms with van der Waals surface area (Å²) in [4.78, 5) is 10.8. The van der Waals surface area contributed by atoms with Crippen LogP contribution in [0.1, 0.15) is 20.8 Å². The number of carbonyl (C=O) groups is 1. The fourth-order valence-corrected chi connectivity index (χ4v) is 0.491. The molecule has 0 aliphatic carbocycles. The van der Waals surface area contributed by atoms with E-state index >= 15 is 0 Å². The predicted molar refractivity (Wildman–Crippen MR) is 38.6 cm³/mol. The van der Waals surface area contributed by atoms with Crippen LogP contribution in [0.25, 0.3) is 0 Å². The third-order valence-electron chi connectivity index (χ3n) is 1.46. The fourth-order valence-electron chi connectivity index (χ4n) is 0.491. The number of esters is 1. The molecule has 2 N–H and O–H groups in total. The Morgan fingerprint density at radius 1 is 1.64 bits per heavy atom. The number of ether oxygens (including phenoxy) is 1. The van der Waals surface area contributed by atoms with E-state index < -0.39 is 17.7 Å². The molecule has 0 saturated carbocycles. The maximum atomic E-state index is 10.8. The van der Waals surface area contributed by atoms with Crippen molar-refractivity contribution in [3.05, 3.63) is 0 Å². The first kappa shape index (κ1) is 10.4. The zero-order valence-corrected chi connectivity index (χ0v) is 7.00. The van der Waals surface area contributed by atoms with Gasteiger partial charge >= 0.3 is 5.97 Å². The van der Waals surface area contributed by atoms with Gasteiger partial charge in [0.1, 0.15) is 5.92 Å². The predicted octanol–water partition coefficient (Wildman–Crippen LogP) is -0.114. The van der Waals surface area contributed by atoms with E-state index in [2.05, 4.69) is 4.74 Å². The summed E-state index contributed by atoms with van der Waals surface area (Å²) in [6.07, 6.45) is 0. The van der Waals surface area contributed by atoms with Crippen LogP contribution in [0.5, 0.6) is 0 Å². The van der Waals surface area contributed by atoms with Crippen LogP contribution in [0.4, 0.5) is 0 Å². The minimum absolute atomic E-state index is 0.249. The first-order valence-electron chi connectivity index (χ1n) is 3.51. The molecule has 0 aliphatic heterocycles. The highest BCUT2D eigenvalue weighted by molar-refractivity contribution is 5.72. The van der Waals surface area contributed by atoms with Gasteiger partial charge in [0.15, 0.2) is 5.79 Å². The molecule has 11 heavy (non-hydrogen) atoms. The Morgan fingerprint density at radius 3 is 2.36 bits per heavy atom. The first-order valence-corrected chi connectivity index (χ1v) is 3.51. The molecule has 0 fully saturated rings. The van der Waals surface area contributed by atoms with E-state index in [9.17, 15) is 4.79 Å². The van der Waals surface area contributed by atoms with Gasteiger partial charge in [0.2, 0.25) is 0 Å². The Bertz CT molecular complexity index is 136. The van der Waals surface area contributed by atoms with Gasteiger partial charge in [-0.25, -0.2) is 0 Å². The molecule has 0 amide bonds. The average Bonchev–Trinajstić information content (AvgIpc) is 1.85. The fraction of sp³-hybridized carbons (Fsp3) is 0.857. The van der Waals surface area contributed by atoms with Crippen LogP contribution in [-0.2, 0) is 9.53 Å². The SMILES string of the molecule is CCOC(=O)C(C)C(C)(O)O. The minimum atomic E-state index is -1.99. The summed E-state index contributed by atoms with van der Waals surface area (Å²) in [6, 6.07) is 0. The first-order chi connectivity index (χ1) is 4.89. The smallest absolute Gasteiger partial charge is 0.314 e. The molecule has 0 aromatic heterocycles. The lowest BCUT2D eigenvalue weighted by Gasteiger charge is -2.21. The molecule has 66 valence electrons. The maximum absolute atomic E-state index is 10.8. The molecule has 4 heteroatoms. The maximum Gasteiger partial charge on any atom is 0.314 e. The Kier molecular flexibility index (Phi) is 3.48. The van der Waals surface area contributed by atoms with E-state index in [1.807, 2.05) is 0 Å². The Hall–Kier alpha value is -0.610. The summed E-state index contributed by atoms with van der Waals surface area (Å²) in [5, 5.41) is 17.9. The van der Waals surface area contributed by atoms with Gasteiger partial charge in [-0.3, -0.25) is 4.79 Å². The van der Waals surface area contributed by atoms with Crippen LogP contribution < -0.4 is 0 Å². The lowest BCUT2D eigenvalue weighted by Crippen LogP contribution is -2.38. The lowest BCUT2D eigenvalue weighted by molar-refractivity contribution is -0.199. The van der Waals surface area contributed by atoms with Gasteiger partial charge in [-0.1, -0.05) is 0 Å². The third-order valence-corrected chi connectivity index (χ3v) is 1.46. The van der Waals surface area contributed by atoms with Crippen molar-refractivity contribution in [2.24, 2.45) is 5.92 Å². The summed E-state index contributed by atoms with van der Waals surface area (Å²) in [7, 11) is 0. The third kappa shape index (κ3) is 3.34. The number of rotatable bonds is 3. The molecule has 0 aromatic carbocycles. The summed E-state index contributed by atoms with van der Waals surface area (Å²) in [6.45, 7) is 4.46.